The van der Waals surface area contributed by atoms with Crippen molar-refractivity contribution in [2.24, 2.45) is 5.73 Å². The van der Waals surface area contributed by atoms with Gasteiger partial charge >= 0.3 is 0 Å². The topological polar surface area (TPSA) is 54.6 Å². The quantitative estimate of drug-likeness (QED) is 0.934. The highest BCUT2D eigenvalue weighted by Crippen LogP contribution is 2.29. The van der Waals surface area contributed by atoms with E-state index >= 15 is 0 Å². The molecule has 0 aliphatic carbocycles. The molecular formula is C17H22N4O. The van der Waals surface area contributed by atoms with Crippen LogP contribution in [0.25, 0.3) is 0 Å². The summed E-state index contributed by atoms with van der Waals surface area (Å²) in [5.41, 5.74) is 8.08. The minimum atomic E-state index is 0.524. The Balaban J connectivity index is 1.73. The number of aromatic nitrogens is 1. The van der Waals surface area contributed by atoms with Gasteiger partial charge in [-0.2, -0.15) is 0 Å². The number of pyridine rings is 1. The Kier molecular flexibility index (Phi) is 4.44. The van der Waals surface area contributed by atoms with Crippen molar-refractivity contribution >= 4 is 11.5 Å². The van der Waals surface area contributed by atoms with E-state index < -0.39 is 0 Å². The molecule has 0 radical (unpaired) electrons. The second-order valence-corrected chi connectivity index (χ2v) is 5.34. The van der Waals surface area contributed by atoms with E-state index in [1.807, 2.05) is 24.4 Å². The number of benzene rings is 1. The van der Waals surface area contributed by atoms with Gasteiger partial charge in [-0.15, -0.1) is 0 Å². The first-order valence-electron chi connectivity index (χ1n) is 7.60. The van der Waals surface area contributed by atoms with Crippen molar-refractivity contribution in [1.29, 1.82) is 0 Å². The van der Waals surface area contributed by atoms with E-state index in [0.29, 0.717) is 6.54 Å². The molecule has 0 bridgehead atoms. The molecule has 1 fully saturated rings. The Bertz CT molecular complexity index is 568. The van der Waals surface area contributed by atoms with Crippen molar-refractivity contribution in [2.45, 2.75) is 6.54 Å². The van der Waals surface area contributed by atoms with E-state index in [4.69, 9.17) is 10.5 Å². The van der Waals surface area contributed by atoms with Crippen LogP contribution in [0.4, 0.5) is 11.5 Å². The van der Waals surface area contributed by atoms with Crippen LogP contribution in [0.3, 0.4) is 0 Å². The standard InChI is InChI=1S/C17H22N4O/c1-22-16-7-3-2-6-15(16)20-9-11-21(12-10-20)17-14(13-18)5-4-8-19-17/h2-8H,9-13,18H2,1H3. The Hall–Kier alpha value is -2.27. The molecule has 5 nitrogen and oxygen atoms in total. The van der Waals surface area contributed by atoms with E-state index in [1.54, 1.807) is 7.11 Å². The van der Waals surface area contributed by atoms with Crippen LogP contribution in [0.1, 0.15) is 5.56 Å². The SMILES string of the molecule is COc1ccccc1N1CCN(c2ncccc2CN)CC1. The van der Waals surface area contributed by atoms with Crippen molar-refractivity contribution in [1.82, 2.24) is 4.98 Å². The minimum Gasteiger partial charge on any atom is -0.495 e. The molecule has 2 N–H and O–H groups in total. The molecule has 22 heavy (non-hydrogen) atoms. The average molecular weight is 298 g/mol. The number of para-hydroxylation sites is 2. The maximum Gasteiger partial charge on any atom is 0.142 e. The molecule has 1 aliphatic heterocycles. The number of piperazine rings is 1. The van der Waals surface area contributed by atoms with Gasteiger partial charge in [0.05, 0.1) is 12.8 Å². The summed E-state index contributed by atoms with van der Waals surface area (Å²) in [4.78, 5) is 9.18. The summed E-state index contributed by atoms with van der Waals surface area (Å²) in [7, 11) is 1.72. The van der Waals surface area contributed by atoms with Gasteiger partial charge in [-0.1, -0.05) is 18.2 Å². The lowest BCUT2D eigenvalue weighted by atomic mass is 10.2. The highest BCUT2D eigenvalue weighted by Gasteiger charge is 2.21. The van der Waals surface area contributed by atoms with Gasteiger partial charge in [-0.05, 0) is 18.2 Å². The highest BCUT2D eigenvalue weighted by molar-refractivity contribution is 5.60. The molecule has 0 amide bonds. The maximum atomic E-state index is 5.82. The Morgan fingerprint density at radius 3 is 2.50 bits per heavy atom. The third-order valence-corrected chi connectivity index (χ3v) is 4.09. The summed E-state index contributed by atoms with van der Waals surface area (Å²) in [6.45, 7) is 4.28. The van der Waals surface area contributed by atoms with Crippen molar-refractivity contribution in [3.63, 3.8) is 0 Å². The first kappa shape index (κ1) is 14.7. The van der Waals surface area contributed by atoms with Crippen LogP contribution in [-0.2, 0) is 6.54 Å². The number of nitrogens with zero attached hydrogens (tertiary/aromatic N) is 3. The third-order valence-electron chi connectivity index (χ3n) is 4.09. The first-order chi connectivity index (χ1) is 10.8. The van der Waals surface area contributed by atoms with Crippen molar-refractivity contribution < 1.29 is 4.74 Å². The lowest BCUT2D eigenvalue weighted by Gasteiger charge is -2.37. The number of anilines is 2. The van der Waals surface area contributed by atoms with Gasteiger partial charge in [0.15, 0.2) is 0 Å². The van der Waals surface area contributed by atoms with E-state index in [0.717, 1.165) is 49.0 Å². The summed E-state index contributed by atoms with van der Waals surface area (Å²) in [6, 6.07) is 12.2. The van der Waals surface area contributed by atoms with Crippen LogP contribution in [-0.4, -0.2) is 38.3 Å². The fourth-order valence-corrected chi connectivity index (χ4v) is 2.92. The Labute approximate surface area is 131 Å². The molecule has 2 aromatic rings. The lowest BCUT2D eigenvalue weighted by Crippen LogP contribution is -2.47. The smallest absolute Gasteiger partial charge is 0.142 e. The third kappa shape index (κ3) is 2.85. The molecule has 1 saturated heterocycles. The van der Waals surface area contributed by atoms with Gasteiger partial charge in [0.1, 0.15) is 11.6 Å². The molecule has 0 spiro atoms. The summed E-state index contributed by atoms with van der Waals surface area (Å²) < 4.78 is 5.46. The van der Waals surface area contributed by atoms with E-state index in [2.05, 4.69) is 33.0 Å². The zero-order valence-corrected chi connectivity index (χ0v) is 12.9. The van der Waals surface area contributed by atoms with E-state index in [1.165, 1.54) is 0 Å². The fraction of sp³-hybridized carbons (Fsp3) is 0.353. The van der Waals surface area contributed by atoms with Gasteiger partial charge in [0.25, 0.3) is 0 Å². The molecule has 1 aromatic carbocycles. The minimum absolute atomic E-state index is 0.524. The van der Waals surface area contributed by atoms with Crippen molar-refractivity contribution in [3.05, 3.63) is 48.2 Å². The second kappa shape index (κ2) is 6.66. The van der Waals surface area contributed by atoms with Crippen LogP contribution < -0.4 is 20.3 Å². The molecule has 0 saturated carbocycles. The summed E-state index contributed by atoms with van der Waals surface area (Å²) >= 11 is 0. The number of ether oxygens (including phenoxy) is 1. The summed E-state index contributed by atoms with van der Waals surface area (Å²) in [5.74, 6) is 1.95. The van der Waals surface area contributed by atoms with Gasteiger partial charge in [-0.3, -0.25) is 0 Å². The molecule has 116 valence electrons. The molecule has 0 atom stereocenters. The van der Waals surface area contributed by atoms with Crippen molar-refractivity contribution in [2.75, 3.05) is 43.1 Å². The molecule has 1 aliphatic rings. The summed E-state index contributed by atoms with van der Waals surface area (Å²) in [5, 5.41) is 0. The Morgan fingerprint density at radius 2 is 1.77 bits per heavy atom. The zero-order chi connectivity index (χ0) is 15.4. The monoisotopic (exact) mass is 298 g/mol. The van der Waals surface area contributed by atoms with Crippen LogP contribution in [0.15, 0.2) is 42.6 Å². The lowest BCUT2D eigenvalue weighted by molar-refractivity contribution is 0.413. The highest BCUT2D eigenvalue weighted by atomic mass is 16.5. The number of methoxy groups -OCH3 is 1. The second-order valence-electron chi connectivity index (χ2n) is 5.34. The summed E-state index contributed by atoms with van der Waals surface area (Å²) in [6.07, 6.45) is 1.83. The first-order valence-corrected chi connectivity index (χ1v) is 7.60. The largest absolute Gasteiger partial charge is 0.495 e. The normalized spacial score (nSPS) is 15.0. The van der Waals surface area contributed by atoms with Gasteiger partial charge in [0.2, 0.25) is 0 Å². The number of nitrogens with two attached hydrogens (primary N) is 1. The Morgan fingerprint density at radius 1 is 1.05 bits per heavy atom. The molecule has 1 aromatic heterocycles. The fourth-order valence-electron chi connectivity index (χ4n) is 2.92. The molecule has 2 heterocycles. The maximum absolute atomic E-state index is 5.82. The molecular weight excluding hydrogens is 276 g/mol. The molecule has 5 heteroatoms. The van der Waals surface area contributed by atoms with Crippen LogP contribution in [0.2, 0.25) is 0 Å². The van der Waals surface area contributed by atoms with Gasteiger partial charge in [0, 0.05) is 44.5 Å². The number of rotatable bonds is 4. The van der Waals surface area contributed by atoms with Crippen molar-refractivity contribution in [3.8, 4) is 5.75 Å². The van der Waals surface area contributed by atoms with Crippen LogP contribution in [0, 0.1) is 0 Å². The molecule has 0 unspecified atom stereocenters. The predicted molar refractivity (Wildman–Crippen MR) is 89.5 cm³/mol. The molecule has 3 rings (SSSR count). The predicted octanol–water partition coefficient (Wildman–Crippen LogP) is 1.88. The zero-order valence-electron chi connectivity index (χ0n) is 12.9. The van der Waals surface area contributed by atoms with Gasteiger partial charge in [-0.25, -0.2) is 4.98 Å². The van der Waals surface area contributed by atoms with E-state index in [9.17, 15) is 0 Å². The van der Waals surface area contributed by atoms with Crippen LogP contribution >= 0.6 is 0 Å². The van der Waals surface area contributed by atoms with E-state index in [-0.39, 0.29) is 0 Å². The van der Waals surface area contributed by atoms with Crippen LogP contribution in [0.5, 0.6) is 5.75 Å². The number of hydrogen-bond donors (Lipinski definition) is 1. The van der Waals surface area contributed by atoms with Gasteiger partial charge < -0.3 is 20.3 Å². The number of hydrogen-bond acceptors (Lipinski definition) is 5. The average Bonchev–Trinajstić information content (AvgIpc) is 2.62.